The highest BCUT2D eigenvalue weighted by molar-refractivity contribution is 5.84. The smallest absolute Gasteiger partial charge is 0.164 e. The van der Waals surface area contributed by atoms with Crippen LogP contribution in [-0.2, 0) is 4.79 Å². The SMILES string of the molecule is CC(C)C(=O)C(O)C1CCCN(C)C1. The number of aliphatic hydroxyl groups excluding tert-OH is 1. The molecule has 0 bridgehead atoms. The van der Waals surface area contributed by atoms with Gasteiger partial charge in [0.2, 0.25) is 0 Å². The second kappa shape index (κ2) is 4.89. The van der Waals surface area contributed by atoms with Crippen LogP contribution in [0.25, 0.3) is 0 Å². The standard InChI is InChI=1S/C11H21NO2/c1-8(2)10(13)11(14)9-5-4-6-12(3)7-9/h8-9,11,14H,4-7H2,1-3H3. The van der Waals surface area contributed by atoms with Gasteiger partial charge in [0.15, 0.2) is 5.78 Å². The summed E-state index contributed by atoms with van der Waals surface area (Å²) < 4.78 is 0. The molecule has 0 spiro atoms. The molecule has 0 aliphatic carbocycles. The molecule has 14 heavy (non-hydrogen) atoms. The number of hydrogen-bond donors (Lipinski definition) is 1. The second-order valence-corrected chi connectivity index (χ2v) is 4.67. The van der Waals surface area contributed by atoms with Gasteiger partial charge in [-0.2, -0.15) is 0 Å². The van der Waals surface area contributed by atoms with E-state index < -0.39 is 6.10 Å². The van der Waals surface area contributed by atoms with Crippen LogP contribution in [0, 0.1) is 11.8 Å². The van der Waals surface area contributed by atoms with Crippen LogP contribution in [0.5, 0.6) is 0 Å². The van der Waals surface area contributed by atoms with Crippen LogP contribution in [0.2, 0.25) is 0 Å². The number of likely N-dealkylation sites (tertiary alicyclic amines) is 1. The highest BCUT2D eigenvalue weighted by Crippen LogP contribution is 2.20. The molecule has 0 amide bonds. The predicted octanol–water partition coefficient (Wildman–Crippen LogP) is 0.914. The first-order valence-corrected chi connectivity index (χ1v) is 5.42. The molecule has 1 fully saturated rings. The van der Waals surface area contributed by atoms with E-state index in [0.717, 1.165) is 25.9 Å². The summed E-state index contributed by atoms with van der Waals surface area (Å²) in [5.74, 6) is 0.0752. The summed E-state index contributed by atoms with van der Waals surface area (Å²) in [6.45, 7) is 5.62. The molecule has 2 atom stereocenters. The number of piperidine rings is 1. The molecule has 1 saturated heterocycles. The topological polar surface area (TPSA) is 40.5 Å². The van der Waals surface area contributed by atoms with Crippen LogP contribution in [-0.4, -0.2) is 42.0 Å². The quantitative estimate of drug-likeness (QED) is 0.734. The number of rotatable bonds is 3. The number of Topliss-reactive ketones (excluding diaryl/α,β-unsaturated/α-hetero) is 1. The Morgan fingerprint density at radius 3 is 2.64 bits per heavy atom. The molecule has 0 saturated carbocycles. The average Bonchev–Trinajstić information content (AvgIpc) is 2.15. The molecule has 0 aromatic heterocycles. The van der Waals surface area contributed by atoms with Gasteiger partial charge >= 0.3 is 0 Å². The van der Waals surface area contributed by atoms with Gasteiger partial charge in [0.1, 0.15) is 6.10 Å². The Hall–Kier alpha value is -0.410. The molecular formula is C11H21NO2. The summed E-state index contributed by atoms with van der Waals surface area (Å²) >= 11 is 0. The van der Waals surface area contributed by atoms with Gasteiger partial charge in [-0.05, 0) is 26.4 Å². The Morgan fingerprint density at radius 1 is 1.50 bits per heavy atom. The number of nitrogens with zero attached hydrogens (tertiary/aromatic N) is 1. The lowest BCUT2D eigenvalue weighted by Gasteiger charge is -2.32. The molecule has 82 valence electrons. The number of hydrogen-bond acceptors (Lipinski definition) is 3. The van der Waals surface area contributed by atoms with Gasteiger partial charge in [0.05, 0.1) is 0 Å². The predicted molar refractivity (Wildman–Crippen MR) is 56.1 cm³/mol. The first-order chi connectivity index (χ1) is 6.52. The first-order valence-electron chi connectivity index (χ1n) is 5.42. The van der Waals surface area contributed by atoms with E-state index in [4.69, 9.17) is 0 Å². The third kappa shape index (κ3) is 2.79. The van der Waals surface area contributed by atoms with Gasteiger partial charge < -0.3 is 10.0 Å². The van der Waals surface area contributed by atoms with Crippen molar-refractivity contribution in [3.63, 3.8) is 0 Å². The fourth-order valence-electron chi connectivity index (χ4n) is 2.04. The minimum Gasteiger partial charge on any atom is -0.385 e. The van der Waals surface area contributed by atoms with Crippen LogP contribution in [0.1, 0.15) is 26.7 Å². The zero-order valence-electron chi connectivity index (χ0n) is 9.36. The van der Waals surface area contributed by atoms with Crippen LogP contribution < -0.4 is 0 Å². The van der Waals surface area contributed by atoms with E-state index in [9.17, 15) is 9.90 Å². The third-order valence-corrected chi connectivity index (χ3v) is 2.97. The third-order valence-electron chi connectivity index (χ3n) is 2.97. The molecule has 0 aromatic carbocycles. The number of aliphatic hydroxyl groups is 1. The highest BCUT2D eigenvalue weighted by Gasteiger charge is 2.30. The zero-order valence-corrected chi connectivity index (χ0v) is 9.36. The lowest BCUT2D eigenvalue weighted by Crippen LogP contribution is -2.42. The second-order valence-electron chi connectivity index (χ2n) is 4.67. The first kappa shape index (κ1) is 11.7. The molecule has 0 aromatic rings. The van der Waals surface area contributed by atoms with Crippen molar-refractivity contribution in [1.29, 1.82) is 0 Å². The van der Waals surface area contributed by atoms with E-state index in [0.29, 0.717) is 0 Å². The van der Waals surface area contributed by atoms with Crippen molar-refractivity contribution in [1.82, 2.24) is 4.90 Å². The minimum absolute atomic E-state index is 0.00898. The Balaban J connectivity index is 2.51. The van der Waals surface area contributed by atoms with Crippen LogP contribution in [0.3, 0.4) is 0 Å². The normalized spacial score (nSPS) is 26.5. The van der Waals surface area contributed by atoms with Crippen molar-refractivity contribution >= 4 is 5.78 Å². The van der Waals surface area contributed by atoms with Gasteiger partial charge in [0, 0.05) is 18.4 Å². The Bertz CT molecular complexity index is 203. The van der Waals surface area contributed by atoms with E-state index in [1.54, 1.807) is 0 Å². The molecule has 1 heterocycles. The van der Waals surface area contributed by atoms with Crippen molar-refractivity contribution in [3.05, 3.63) is 0 Å². The summed E-state index contributed by atoms with van der Waals surface area (Å²) in [6.07, 6.45) is 1.31. The highest BCUT2D eigenvalue weighted by atomic mass is 16.3. The van der Waals surface area contributed by atoms with Gasteiger partial charge in [-0.1, -0.05) is 13.8 Å². The Kier molecular flexibility index (Phi) is 4.08. The lowest BCUT2D eigenvalue weighted by molar-refractivity contribution is -0.134. The van der Waals surface area contributed by atoms with E-state index in [2.05, 4.69) is 4.90 Å². The Morgan fingerprint density at radius 2 is 2.14 bits per heavy atom. The fourth-order valence-corrected chi connectivity index (χ4v) is 2.04. The molecule has 0 radical (unpaired) electrons. The van der Waals surface area contributed by atoms with Crippen LogP contribution >= 0.6 is 0 Å². The van der Waals surface area contributed by atoms with Gasteiger partial charge in [0.25, 0.3) is 0 Å². The molecule has 1 N–H and O–H groups in total. The monoisotopic (exact) mass is 199 g/mol. The summed E-state index contributed by atoms with van der Waals surface area (Å²) in [5, 5.41) is 9.85. The van der Waals surface area contributed by atoms with Crippen molar-refractivity contribution in [3.8, 4) is 0 Å². The summed E-state index contributed by atoms with van der Waals surface area (Å²) in [7, 11) is 2.04. The molecule has 1 aliphatic rings. The molecular weight excluding hydrogens is 178 g/mol. The van der Waals surface area contributed by atoms with E-state index in [-0.39, 0.29) is 17.6 Å². The van der Waals surface area contributed by atoms with Crippen LogP contribution in [0.4, 0.5) is 0 Å². The number of carbonyl (C=O) groups is 1. The summed E-state index contributed by atoms with van der Waals surface area (Å²) in [5.41, 5.74) is 0. The number of carbonyl (C=O) groups excluding carboxylic acids is 1. The zero-order chi connectivity index (χ0) is 10.7. The van der Waals surface area contributed by atoms with Gasteiger partial charge in [-0.15, -0.1) is 0 Å². The maximum atomic E-state index is 11.6. The minimum atomic E-state index is -0.752. The molecule has 3 nitrogen and oxygen atoms in total. The van der Waals surface area contributed by atoms with Gasteiger partial charge in [-0.3, -0.25) is 4.79 Å². The maximum absolute atomic E-state index is 11.6. The van der Waals surface area contributed by atoms with Crippen molar-refractivity contribution in [2.24, 2.45) is 11.8 Å². The number of ketones is 1. The largest absolute Gasteiger partial charge is 0.385 e. The van der Waals surface area contributed by atoms with E-state index in [1.165, 1.54) is 0 Å². The average molecular weight is 199 g/mol. The van der Waals surface area contributed by atoms with E-state index in [1.807, 2.05) is 20.9 Å². The Labute approximate surface area is 86.1 Å². The van der Waals surface area contributed by atoms with Gasteiger partial charge in [-0.25, -0.2) is 0 Å². The molecule has 2 unspecified atom stereocenters. The lowest BCUT2D eigenvalue weighted by atomic mass is 9.87. The maximum Gasteiger partial charge on any atom is 0.164 e. The molecule has 1 rings (SSSR count). The summed E-state index contributed by atoms with van der Waals surface area (Å²) in [6, 6.07) is 0. The fraction of sp³-hybridized carbons (Fsp3) is 0.909. The van der Waals surface area contributed by atoms with Crippen molar-refractivity contribution in [2.75, 3.05) is 20.1 Å². The van der Waals surface area contributed by atoms with Crippen LogP contribution in [0.15, 0.2) is 0 Å². The summed E-state index contributed by atoms with van der Waals surface area (Å²) in [4.78, 5) is 13.8. The molecule has 3 heteroatoms. The van der Waals surface area contributed by atoms with Crippen molar-refractivity contribution < 1.29 is 9.90 Å². The van der Waals surface area contributed by atoms with E-state index >= 15 is 0 Å². The molecule has 1 aliphatic heterocycles. The van der Waals surface area contributed by atoms with Crippen molar-refractivity contribution in [2.45, 2.75) is 32.8 Å².